The standard InChI is InChI=1S/C17H22N6O/c18-11-15(17(19)20)23-22-14-8-6-12(7-9-14)10-16(24)21-13-4-2-1-3-5-13/h6-9,13,22H,1-5,10H2,(H3,19,20)(H,21,24)/b23-15+. The molecule has 7 heteroatoms. The number of hydrazone groups is 1. The van der Waals surface area contributed by atoms with Gasteiger partial charge in [-0.15, -0.1) is 0 Å². The molecule has 7 nitrogen and oxygen atoms in total. The van der Waals surface area contributed by atoms with Gasteiger partial charge in [0.15, 0.2) is 5.84 Å². The van der Waals surface area contributed by atoms with Gasteiger partial charge >= 0.3 is 0 Å². The number of amides is 1. The normalized spacial score (nSPS) is 15.4. The number of carbonyl (C=O) groups is 1. The number of hydrogen-bond donors (Lipinski definition) is 4. The van der Waals surface area contributed by atoms with Gasteiger partial charge in [-0.1, -0.05) is 31.4 Å². The van der Waals surface area contributed by atoms with E-state index in [4.69, 9.17) is 16.4 Å². The van der Waals surface area contributed by atoms with E-state index in [-0.39, 0.29) is 17.5 Å². The third kappa shape index (κ3) is 5.39. The van der Waals surface area contributed by atoms with Gasteiger partial charge in [0.05, 0.1) is 12.1 Å². The van der Waals surface area contributed by atoms with Crippen LogP contribution in [0.1, 0.15) is 37.7 Å². The summed E-state index contributed by atoms with van der Waals surface area (Å²) < 4.78 is 0. The number of carbonyl (C=O) groups excluding carboxylic acids is 1. The lowest BCUT2D eigenvalue weighted by atomic mass is 9.95. The summed E-state index contributed by atoms with van der Waals surface area (Å²) in [6, 6.07) is 9.24. The molecule has 0 atom stereocenters. The van der Waals surface area contributed by atoms with Crippen molar-refractivity contribution in [2.24, 2.45) is 10.8 Å². The Hall–Kier alpha value is -2.88. The molecule has 1 aromatic carbocycles. The van der Waals surface area contributed by atoms with E-state index in [1.807, 2.05) is 12.1 Å². The molecule has 1 aromatic rings. The van der Waals surface area contributed by atoms with Crippen molar-refractivity contribution in [3.63, 3.8) is 0 Å². The summed E-state index contributed by atoms with van der Waals surface area (Å²) in [5.41, 5.74) is 9.27. The maximum atomic E-state index is 12.1. The van der Waals surface area contributed by atoms with E-state index < -0.39 is 0 Å². The van der Waals surface area contributed by atoms with Crippen molar-refractivity contribution < 1.29 is 4.79 Å². The van der Waals surface area contributed by atoms with Gasteiger partial charge in [0, 0.05) is 6.04 Å². The quantitative estimate of drug-likeness (QED) is 0.361. The Labute approximate surface area is 141 Å². The predicted octanol–water partition coefficient (Wildman–Crippen LogP) is 1.91. The lowest BCUT2D eigenvalue weighted by Gasteiger charge is -2.22. The number of nitrogens with two attached hydrogens (primary N) is 1. The minimum atomic E-state index is -0.388. The van der Waals surface area contributed by atoms with Crippen LogP contribution >= 0.6 is 0 Å². The molecule has 0 spiro atoms. The number of nitriles is 1. The summed E-state index contributed by atoms with van der Waals surface area (Å²) in [5.74, 6) is -0.343. The van der Waals surface area contributed by atoms with Gasteiger partial charge in [0.1, 0.15) is 6.07 Å². The first-order valence-electron chi connectivity index (χ1n) is 8.05. The lowest BCUT2D eigenvalue weighted by molar-refractivity contribution is -0.121. The molecule has 5 N–H and O–H groups in total. The smallest absolute Gasteiger partial charge is 0.224 e. The molecule has 126 valence electrons. The van der Waals surface area contributed by atoms with Crippen LogP contribution < -0.4 is 16.5 Å². The summed E-state index contributed by atoms with van der Waals surface area (Å²) in [4.78, 5) is 12.1. The van der Waals surface area contributed by atoms with Gasteiger partial charge in [-0.25, -0.2) is 0 Å². The number of hydrogen-bond acceptors (Lipinski definition) is 5. The maximum absolute atomic E-state index is 12.1. The average Bonchev–Trinajstić information content (AvgIpc) is 2.57. The molecule has 1 fully saturated rings. The summed E-state index contributed by atoms with van der Waals surface area (Å²) in [7, 11) is 0. The first kappa shape index (κ1) is 17.5. The lowest BCUT2D eigenvalue weighted by Crippen LogP contribution is -2.37. The third-order valence-corrected chi connectivity index (χ3v) is 3.95. The summed E-state index contributed by atoms with van der Waals surface area (Å²) in [5, 5.41) is 22.8. The fourth-order valence-electron chi connectivity index (χ4n) is 2.67. The van der Waals surface area contributed by atoms with Crippen molar-refractivity contribution >= 4 is 23.1 Å². The Kier molecular flexibility index (Phi) is 6.32. The minimum Gasteiger partial charge on any atom is -0.382 e. The molecule has 24 heavy (non-hydrogen) atoms. The number of rotatable bonds is 6. The van der Waals surface area contributed by atoms with Gasteiger partial charge in [-0.05, 0) is 30.5 Å². The van der Waals surface area contributed by atoms with E-state index in [0.29, 0.717) is 18.2 Å². The van der Waals surface area contributed by atoms with Crippen molar-refractivity contribution in [2.45, 2.75) is 44.6 Å². The molecule has 1 aliphatic carbocycles. The fourth-order valence-corrected chi connectivity index (χ4v) is 2.67. The minimum absolute atomic E-state index is 0.0453. The van der Waals surface area contributed by atoms with Gasteiger partial charge < -0.3 is 11.1 Å². The van der Waals surface area contributed by atoms with Crippen LogP contribution in [-0.4, -0.2) is 23.5 Å². The largest absolute Gasteiger partial charge is 0.382 e. The number of nitrogens with one attached hydrogen (secondary N) is 3. The van der Waals surface area contributed by atoms with E-state index in [9.17, 15) is 4.79 Å². The highest BCUT2D eigenvalue weighted by molar-refractivity contribution is 6.45. The van der Waals surface area contributed by atoms with Crippen LogP contribution in [0, 0.1) is 16.7 Å². The van der Waals surface area contributed by atoms with Gasteiger partial charge in [-0.3, -0.25) is 15.6 Å². The predicted molar refractivity (Wildman–Crippen MR) is 93.7 cm³/mol. The average molecular weight is 326 g/mol. The van der Waals surface area contributed by atoms with E-state index in [2.05, 4.69) is 15.8 Å². The summed E-state index contributed by atoms with van der Waals surface area (Å²) in [6.45, 7) is 0. The second-order valence-corrected chi connectivity index (χ2v) is 5.87. The molecule has 1 aliphatic rings. The zero-order valence-electron chi connectivity index (χ0n) is 13.5. The van der Waals surface area contributed by atoms with Crippen LogP contribution in [0.2, 0.25) is 0 Å². The molecule has 2 rings (SSSR count). The van der Waals surface area contributed by atoms with Crippen molar-refractivity contribution in [1.82, 2.24) is 5.32 Å². The molecular formula is C17H22N6O. The zero-order chi connectivity index (χ0) is 17.4. The molecule has 0 saturated heterocycles. The van der Waals surface area contributed by atoms with E-state index in [1.165, 1.54) is 19.3 Å². The topological polar surface area (TPSA) is 127 Å². The third-order valence-electron chi connectivity index (χ3n) is 3.95. The van der Waals surface area contributed by atoms with Gasteiger partial charge in [0.2, 0.25) is 11.6 Å². The van der Waals surface area contributed by atoms with E-state index in [1.54, 1.807) is 18.2 Å². The Morgan fingerprint density at radius 1 is 1.29 bits per heavy atom. The van der Waals surface area contributed by atoms with Crippen LogP contribution in [0.3, 0.4) is 0 Å². The molecule has 0 unspecified atom stereocenters. The Morgan fingerprint density at radius 3 is 2.54 bits per heavy atom. The van der Waals surface area contributed by atoms with Crippen molar-refractivity contribution in [1.29, 1.82) is 10.7 Å². The molecule has 1 amide bonds. The molecule has 0 radical (unpaired) electrons. The van der Waals surface area contributed by atoms with Crippen LogP contribution in [0.15, 0.2) is 29.4 Å². The van der Waals surface area contributed by atoms with Crippen LogP contribution in [0.25, 0.3) is 0 Å². The number of nitrogens with zero attached hydrogens (tertiary/aromatic N) is 2. The second-order valence-electron chi connectivity index (χ2n) is 5.87. The summed E-state index contributed by atoms with van der Waals surface area (Å²) >= 11 is 0. The molecule has 0 heterocycles. The van der Waals surface area contributed by atoms with Crippen molar-refractivity contribution in [2.75, 3.05) is 5.43 Å². The monoisotopic (exact) mass is 326 g/mol. The number of amidine groups is 1. The first-order chi connectivity index (χ1) is 11.6. The highest BCUT2D eigenvalue weighted by Gasteiger charge is 2.15. The number of benzene rings is 1. The Balaban J connectivity index is 1.86. The summed E-state index contributed by atoms with van der Waals surface area (Å²) in [6.07, 6.45) is 6.14. The molecular weight excluding hydrogens is 304 g/mol. The van der Waals surface area contributed by atoms with Crippen LogP contribution in [-0.2, 0) is 11.2 Å². The molecule has 0 aliphatic heterocycles. The highest BCUT2D eigenvalue weighted by Crippen LogP contribution is 2.17. The second kappa shape index (κ2) is 8.67. The number of anilines is 1. The molecule has 0 bridgehead atoms. The maximum Gasteiger partial charge on any atom is 0.224 e. The van der Waals surface area contributed by atoms with Crippen LogP contribution in [0.5, 0.6) is 0 Å². The van der Waals surface area contributed by atoms with Gasteiger partial charge in [-0.2, -0.15) is 10.4 Å². The molecule has 1 saturated carbocycles. The van der Waals surface area contributed by atoms with Gasteiger partial charge in [0.25, 0.3) is 0 Å². The van der Waals surface area contributed by atoms with Crippen molar-refractivity contribution in [3.05, 3.63) is 29.8 Å². The fraction of sp³-hybridized carbons (Fsp3) is 0.412. The molecule has 0 aromatic heterocycles. The Morgan fingerprint density at radius 2 is 1.96 bits per heavy atom. The van der Waals surface area contributed by atoms with Crippen LogP contribution in [0.4, 0.5) is 5.69 Å². The van der Waals surface area contributed by atoms with E-state index in [0.717, 1.165) is 18.4 Å². The SMILES string of the molecule is N#C/C(=N\Nc1ccc(CC(=O)NC2CCCCC2)cc1)C(=N)N. The Bertz CT molecular complexity index is 653. The zero-order valence-corrected chi connectivity index (χ0v) is 13.5. The first-order valence-corrected chi connectivity index (χ1v) is 8.05. The van der Waals surface area contributed by atoms with Crippen molar-refractivity contribution in [3.8, 4) is 6.07 Å². The highest BCUT2D eigenvalue weighted by atomic mass is 16.1. The van der Waals surface area contributed by atoms with E-state index >= 15 is 0 Å².